The second-order valence-electron chi connectivity index (χ2n) is 7.29. The largest absolute Gasteiger partial charge is 0.482 e. The summed E-state index contributed by atoms with van der Waals surface area (Å²) in [6.07, 6.45) is 0. The Labute approximate surface area is 200 Å². The van der Waals surface area contributed by atoms with Crippen LogP contribution in [0.4, 0.5) is 0 Å². The number of nitrogens with one attached hydrogen (secondary N) is 1. The summed E-state index contributed by atoms with van der Waals surface area (Å²) >= 11 is 6.06. The van der Waals surface area contributed by atoms with Gasteiger partial charge in [-0.25, -0.2) is 8.42 Å². The van der Waals surface area contributed by atoms with Gasteiger partial charge in [-0.1, -0.05) is 86.1 Å². The molecular formula is C25H27ClN2O4S. The Kier molecular flexibility index (Phi) is 8.49. The Bertz CT molecular complexity index is 1130. The third kappa shape index (κ3) is 6.13. The van der Waals surface area contributed by atoms with Gasteiger partial charge in [-0.2, -0.15) is 4.31 Å². The lowest BCUT2D eigenvalue weighted by Gasteiger charge is -2.22. The van der Waals surface area contributed by atoms with E-state index in [0.717, 1.165) is 11.1 Å². The Balaban J connectivity index is 1.80. The number of rotatable bonds is 10. The summed E-state index contributed by atoms with van der Waals surface area (Å²) in [7, 11) is -3.82. The molecule has 0 aliphatic rings. The molecule has 174 valence electrons. The molecule has 1 amide bonds. The maximum Gasteiger partial charge on any atom is 0.258 e. The molecule has 1 N–H and O–H groups in total. The highest BCUT2D eigenvalue weighted by molar-refractivity contribution is 7.89. The third-order valence-electron chi connectivity index (χ3n) is 5.16. The lowest BCUT2D eigenvalue weighted by atomic mass is 9.99. The zero-order valence-electron chi connectivity index (χ0n) is 18.6. The van der Waals surface area contributed by atoms with E-state index in [2.05, 4.69) is 5.32 Å². The normalized spacial score (nSPS) is 11.5. The molecule has 0 fully saturated rings. The van der Waals surface area contributed by atoms with Gasteiger partial charge < -0.3 is 10.1 Å². The average molecular weight is 487 g/mol. The first kappa shape index (κ1) is 24.8. The van der Waals surface area contributed by atoms with Crippen molar-refractivity contribution in [2.45, 2.75) is 24.8 Å². The first-order valence-corrected chi connectivity index (χ1v) is 12.5. The van der Waals surface area contributed by atoms with E-state index >= 15 is 0 Å². The smallest absolute Gasteiger partial charge is 0.258 e. The molecule has 0 aliphatic carbocycles. The van der Waals surface area contributed by atoms with Gasteiger partial charge in [0.15, 0.2) is 6.61 Å². The Hall–Kier alpha value is -2.87. The quantitative estimate of drug-likeness (QED) is 0.452. The first-order chi connectivity index (χ1) is 15.9. The number of halogens is 1. The second-order valence-corrected chi connectivity index (χ2v) is 9.63. The fourth-order valence-corrected chi connectivity index (χ4v) is 5.35. The zero-order chi connectivity index (χ0) is 23.8. The summed E-state index contributed by atoms with van der Waals surface area (Å²) in [5.41, 5.74) is 1.85. The first-order valence-electron chi connectivity index (χ1n) is 10.7. The highest BCUT2D eigenvalue weighted by Gasteiger charge is 2.26. The highest BCUT2D eigenvalue weighted by atomic mass is 35.5. The predicted molar refractivity (Wildman–Crippen MR) is 130 cm³/mol. The van der Waals surface area contributed by atoms with Crippen molar-refractivity contribution in [3.8, 4) is 5.75 Å². The van der Waals surface area contributed by atoms with Crippen LogP contribution in [0.25, 0.3) is 0 Å². The number of hydrogen-bond acceptors (Lipinski definition) is 4. The molecule has 0 bridgehead atoms. The third-order valence-corrected chi connectivity index (χ3v) is 7.47. The van der Waals surface area contributed by atoms with Crippen LogP contribution >= 0.6 is 11.6 Å². The van der Waals surface area contributed by atoms with Gasteiger partial charge >= 0.3 is 0 Å². The maximum atomic E-state index is 13.0. The minimum absolute atomic E-state index is 0.0610. The van der Waals surface area contributed by atoms with E-state index in [1.165, 1.54) is 22.5 Å². The van der Waals surface area contributed by atoms with Gasteiger partial charge in [-0.15, -0.1) is 0 Å². The van der Waals surface area contributed by atoms with E-state index in [0.29, 0.717) is 13.1 Å². The van der Waals surface area contributed by atoms with Crippen molar-refractivity contribution in [1.82, 2.24) is 9.62 Å². The molecule has 0 aromatic heterocycles. The number of carbonyl (C=O) groups excluding carboxylic acids is 1. The van der Waals surface area contributed by atoms with Crippen LogP contribution in [0.2, 0.25) is 5.02 Å². The number of ether oxygens (including phenoxy) is 1. The molecule has 8 heteroatoms. The maximum absolute atomic E-state index is 13.0. The molecule has 0 radical (unpaired) electrons. The molecular weight excluding hydrogens is 460 g/mol. The summed E-state index contributed by atoms with van der Waals surface area (Å²) in [5, 5.41) is 3.25. The number of nitrogens with zero attached hydrogens (tertiary/aromatic N) is 1. The highest BCUT2D eigenvalue weighted by Crippen LogP contribution is 2.30. The molecule has 3 rings (SSSR count). The van der Waals surface area contributed by atoms with E-state index in [9.17, 15) is 13.2 Å². The molecule has 0 saturated heterocycles. The lowest BCUT2D eigenvalue weighted by Crippen LogP contribution is -2.34. The summed E-state index contributed by atoms with van der Waals surface area (Å²) in [6.45, 7) is 3.78. The van der Waals surface area contributed by atoms with Crippen LogP contribution in [0.1, 0.15) is 31.0 Å². The van der Waals surface area contributed by atoms with Gasteiger partial charge in [-0.3, -0.25) is 4.79 Å². The van der Waals surface area contributed by atoms with Crippen molar-refractivity contribution >= 4 is 27.5 Å². The van der Waals surface area contributed by atoms with Crippen LogP contribution in [0, 0.1) is 0 Å². The molecule has 0 atom stereocenters. The SMILES string of the molecule is CCN(CC)S(=O)(=O)c1cc(Cl)ccc1OCC(=O)NC(c1ccccc1)c1ccccc1. The van der Waals surface area contributed by atoms with Gasteiger partial charge in [-0.05, 0) is 29.3 Å². The summed E-state index contributed by atoms with van der Waals surface area (Å²) in [6, 6.07) is 23.2. The summed E-state index contributed by atoms with van der Waals surface area (Å²) in [5.74, 6) is -0.300. The molecule has 0 spiro atoms. The minimum atomic E-state index is -3.82. The minimum Gasteiger partial charge on any atom is -0.482 e. The Morgan fingerprint density at radius 3 is 2.00 bits per heavy atom. The molecule has 6 nitrogen and oxygen atoms in total. The van der Waals surface area contributed by atoms with Crippen LogP contribution in [0.5, 0.6) is 5.75 Å². The Morgan fingerprint density at radius 2 is 1.48 bits per heavy atom. The van der Waals surface area contributed by atoms with Crippen LogP contribution in [0.3, 0.4) is 0 Å². The van der Waals surface area contributed by atoms with E-state index in [1.54, 1.807) is 13.8 Å². The van der Waals surface area contributed by atoms with Gasteiger partial charge in [0.2, 0.25) is 10.0 Å². The van der Waals surface area contributed by atoms with Crippen molar-refractivity contribution in [1.29, 1.82) is 0 Å². The van der Waals surface area contributed by atoms with Crippen molar-refractivity contribution < 1.29 is 17.9 Å². The monoisotopic (exact) mass is 486 g/mol. The summed E-state index contributed by atoms with van der Waals surface area (Å²) in [4.78, 5) is 12.8. The van der Waals surface area contributed by atoms with Crippen molar-refractivity contribution in [2.75, 3.05) is 19.7 Å². The van der Waals surface area contributed by atoms with Crippen molar-refractivity contribution in [3.63, 3.8) is 0 Å². The van der Waals surface area contributed by atoms with E-state index in [1.807, 2.05) is 60.7 Å². The predicted octanol–water partition coefficient (Wildman–Crippen LogP) is 4.66. The molecule has 0 saturated carbocycles. The van der Waals surface area contributed by atoms with Crippen LogP contribution in [-0.4, -0.2) is 38.3 Å². The van der Waals surface area contributed by atoms with E-state index in [-0.39, 0.29) is 34.2 Å². The average Bonchev–Trinajstić information content (AvgIpc) is 2.83. The van der Waals surface area contributed by atoms with E-state index in [4.69, 9.17) is 16.3 Å². The van der Waals surface area contributed by atoms with Gasteiger partial charge in [0.25, 0.3) is 5.91 Å². The molecule has 0 heterocycles. The van der Waals surface area contributed by atoms with Gasteiger partial charge in [0.05, 0.1) is 6.04 Å². The zero-order valence-corrected chi connectivity index (χ0v) is 20.1. The molecule has 3 aromatic rings. The van der Waals surface area contributed by atoms with Crippen LogP contribution in [0.15, 0.2) is 83.8 Å². The van der Waals surface area contributed by atoms with Gasteiger partial charge in [0, 0.05) is 18.1 Å². The number of sulfonamides is 1. The number of amides is 1. The standard InChI is InChI=1S/C25H27ClN2O4S/c1-3-28(4-2)33(30,31)23-17-21(26)15-16-22(23)32-18-24(29)27-25(19-11-7-5-8-12-19)20-13-9-6-10-14-20/h5-17,25H,3-4,18H2,1-2H3,(H,27,29). The van der Waals surface area contributed by atoms with Crippen LogP contribution in [-0.2, 0) is 14.8 Å². The fourth-order valence-electron chi connectivity index (χ4n) is 3.50. The topological polar surface area (TPSA) is 75.7 Å². The van der Waals surface area contributed by atoms with Crippen molar-refractivity contribution in [2.24, 2.45) is 0 Å². The molecule has 33 heavy (non-hydrogen) atoms. The molecule has 0 aliphatic heterocycles. The molecule has 0 unspecified atom stereocenters. The lowest BCUT2D eigenvalue weighted by molar-refractivity contribution is -0.123. The Morgan fingerprint density at radius 1 is 0.939 bits per heavy atom. The summed E-state index contributed by atoms with van der Waals surface area (Å²) < 4.78 is 33.1. The number of hydrogen-bond donors (Lipinski definition) is 1. The second kappa shape index (κ2) is 11.3. The number of benzene rings is 3. The van der Waals surface area contributed by atoms with Gasteiger partial charge in [0.1, 0.15) is 10.6 Å². The van der Waals surface area contributed by atoms with Crippen LogP contribution < -0.4 is 10.1 Å². The number of carbonyl (C=O) groups is 1. The van der Waals surface area contributed by atoms with Crippen molar-refractivity contribution in [3.05, 3.63) is 95.0 Å². The molecule has 3 aromatic carbocycles. The van der Waals surface area contributed by atoms with E-state index < -0.39 is 10.0 Å². The fraction of sp³-hybridized carbons (Fsp3) is 0.240.